The summed E-state index contributed by atoms with van der Waals surface area (Å²) in [6, 6.07) is 17.5. The summed E-state index contributed by atoms with van der Waals surface area (Å²) < 4.78 is 15.8. The van der Waals surface area contributed by atoms with Crippen molar-refractivity contribution in [3.63, 3.8) is 0 Å². The summed E-state index contributed by atoms with van der Waals surface area (Å²) in [7, 11) is 1.57. The molecule has 1 aliphatic rings. The molecule has 1 aliphatic heterocycles. The van der Waals surface area contributed by atoms with E-state index in [2.05, 4.69) is 10.5 Å². The number of carbonyl (C=O) groups is 3. The first kappa shape index (κ1) is 25.9. The lowest BCUT2D eigenvalue weighted by Gasteiger charge is -2.33. The average molecular weight is 506 g/mol. The van der Waals surface area contributed by atoms with E-state index in [1.807, 2.05) is 48.5 Å². The predicted molar refractivity (Wildman–Crippen MR) is 136 cm³/mol. The molecule has 1 atom stereocenters. The van der Waals surface area contributed by atoms with Gasteiger partial charge in [0.05, 0.1) is 19.6 Å². The number of aromatic nitrogens is 1. The zero-order chi connectivity index (χ0) is 26.2. The highest BCUT2D eigenvalue weighted by Crippen LogP contribution is 2.25. The van der Waals surface area contributed by atoms with Crippen LogP contribution in [0.15, 0.2) is 65.2 Å². The third-order valence-electron chi connectivity index (χ3n) is 6.41. The summed E-state index contributed by atoms with van der Waals surface area (Å²) in [5.41, 5.74) is 1.71. The number of benzene rings is 2. The van der Waals surface area contributed by atoms with Gasteiger partial charge in [-0.2, -0.15) is 0 Å². The molecule has 9 heteroatoms. The largest absolute Gasteiger partial charge is 0.497 e. The maximum atomic E-state index is 13.5. The van der Waals surface area contributed by atoms with Gasteiger partial charge in [-0.05, 0) is 37.5 Å². The predicted octanol–water partition coefficient (Wildman–Crippen LogP) is 3.49. The molecule has 1 N–H and O–H groups in total. The molecule has 0 radical (unpaired) electrons. The summed E-state index contributed by atoms with van der Waals surface area (Å²) in [5, 5.41) is 6.77. The number of rotatable bonds is 9. The number of methoxy groups -OCH3 is 1. The number of carbonyl (C=O) groups excluding carboxylic acids is 3. The molecule has 194 valence electrons. The van der Waals surface area contributed by atoms with E-state index in [0.717, 1.165) is 5.56 Å². The number of ether oxygens (including phenoxy) is 2. The van der Waals surface area contributed by atoms with Crippen molar-refractivity contribution in [2.75, 3.05) is 26.8 Å². The van der Waals surface area contributed by atoms with Crippen LogP contribution in [0.25, 0.3) is 11.3 Å². The van der Waals surface area contributed by atoms with E-state index >= 15 is 0 Å². The monoisotopic (exact) mass is 505 g/mol. The van der Waals surface area contributed by atoms with Gasteiger partial charge < -0.3 is 24.2 Å². The van der Waals surface area contributed by atoms with Gasteiger partial charge >= 0.3 is 5.97 Å². The fourth-order valence-corrected chi connectivity index (χ4v) is 4.39. The molecular formula is C28H31N3O6. The quantitative estimate of drug-likeness (QED) is 0.443. The molecule has 9 nitrogen and oxygen atoms in total. The Morgan fingerprint density at radius 2 is 1.84 bits per heavy atom. The minimum atomic E-state index is -0.800. The van der Waals surface area contributed by atoms with Crippen LogP contribution in [0.3, 0.4) is 0 Å². The van der Waals surface area contributed by atoms with E-state index in [4.69, 9.17) is 14.0 Å². The lowest BCUT2D eigenvalue weighted by molar-refractivity contribution is -0.151. The Balaban J connectivity index is 1.47. The van der Waals surface area contributed by atoms with Crippen molar-refractivity contribution in [3.05, 3.63) is 71.9 Å². The molecule has 1 saturated heterocycles. The molecule has 4 rings (SSSR count). The summed E-state index contributed by atoms with van der Waals surface area (Å²) in [5.74, 6) is -0.0706. The minimum absolute atomic E-state index is 0.0738. The molecule has 0 saturated carbocycles. The number of hydrogen-bond donors (Lipinski definition) is 1. The van der Waals surface area contributed by atoms with Crippen molar-refractivity contribution in [3.8, 4) is 17.1 Å². The minimum Gasteiger partial charge on any atom is -0.497 e. The molecule has 3 aromatic rings. The third-order valence-corrected chi connectivity index (χ3v) is 6.41. The van der Waals surface area contributed by atoms with Crippen LogP contribution in [0, 0.1) is 5.92 Å². The van der Waals surface area contributed by atoms with Crippen molar-refractivity contribution in [2.45, 2.75) is 32.2 Å². The van der Waals surface area contributed by atoms with Crippen LogP contribution in [0.2, 0.25) is 0 Å². The van der Waals surface area contributed by atoms with E-state index in [1.165, 1.54) is 0 Å². The Kier molecular flexibility index (Phi) is 8.56. The zero-order valence-corrected chi connectivity index (χ0v) is 21.0. The van der Waals surface area contributed by atoms with E-state index in [-0.39, 0.29) is 23.5 Å². The van der Waals surface area contributed by atoms with Gasteiger partial charge in [-0.1, -0.05) is 47.6 Å². The summed E-state index contributed by atoms with van der Waals surface area (Å²) in [4.78, 5) is 40.4. The molecule has 1 fully saturated rings. The number of likely N-dealkylation sites (tertiary alicyclic amines) is 1. The first-order chi connectivity index (χ1) is 18.0. The molecule has 1 aromatic heterocycles. The average Bonchev–Trinajstić information content (AvgIpc) is 3.44. The molecule has 0 unspecified atom stereocenters. The zero-order valence-electron chi connectivity index (χ0n) is 21.0. The second kappa shape index (κ2) is 12.2. The van der Waals surface area contributed by atoms with Crippen molar-refractivity contribution < 1.29 is 28.4 Å². The van der Waals surface area contributed by atoms with Crippen molar-refractivity contribution in [2.24, 2.45) is 5.92 Å². The van der Waals surface area contributed by atoms with Gasteiger partial charge in [0, 0.05) is 31.1 Å². The van der Waals surface area contributed by atoms with Gasteiger partial charge in [0.15, 0.2) is 11.5 Å². The molecule has 2 aromatic carbocycles. The highest BCUT2D eigenvalue weighted by Gasteiger charge is 2.32. The van der Waals surface area contributed by atoms with Gasteiger partial charge in [0.2, 0.25) is 5.91 Å². The molecule has 37 heavy (non-hydrogen) atoms. The van der Waals surface area contributed by atoms with E-state index in [9.17, 15) is 14.4 Å². The van der Waals surface area contributed by atoms with E-state index in [0.29, 0.717) is 56.0 Å². The van der Waals surface area contributed by atoms with Gasteiger partial charge in [0.25, 0.3) is 5.91 Å². The Labute approximate surface area is 215 Å². The van der Waals surface area contributed by atoms with Crippen molar-refractivity contribution in [1.82, 2.24) is 15.4 Å². The van der Waals surface area contributed by atoms with Crippen molar-refractivity contribution >= 4 is 17.8 Å². The van der Waals surface area contributed by atoms with Crippen LogP contribution < -0.4 is 10.1 Å². The second-order valence-electron chi connectivity index (χ2n) is 8.88. The van der Waals surface area contributed by atoms with Gasteiger partial charge in [-0.25, -0.2) is 0 Å². The molecule has 2 heterocycles. The van der Waals surface area contributed by atoms with Crippen LogP contribution in [0.1, 0.15) is 35.8 Å². The lowest BCUT2D eigenvalue weighted by Crippen LogP contribution is -2.52. The number of nitrogens with zero attached hydrogens (tertiary/aromatic N) is 2. The standard InChI is InChI=1S/C28H31N3O6/c1-3-36-28(34)20-12-14-31(15-13-20)27(33)24(16-19-8-5-4-6-9-19)29-26(32)23-18-25(37-30-23)21-10-7-11-22(17-21)35-2/h4-11,17-18,20,24H,3,12-16H2,1-2H3,(H,29,32)/t24-/m0/s1. The number of amides is 2. The molecule has 0 spiro atoms. The second-order valence-corrected chi connectivity index (χ2v) is 8.88. The van der Waals surface area contributed by atoms with E-state index in [1.54, 1.807) is 31.1 Å². The fraction of sp³-hybridized carbons (Fsp3) is 0.357. The maximum Gasteiger partial charge on any atom is 0.309 e. The molecule has 0 aliphatic carbocycles. The maximum absolute atomic E-state index is 13.5. The topological polar surface area (TPSA) is 111 Å². The third kappa shape index (κ3) is 6.55. The highest BCUT2D eigenvalue weighted by atomic mass is 16.5. The van der Waals surface area contributed by atoms with Gasteiger partial charge in [-0.3, -0.25) is 14.4 Å². The summed E-state index contributed by atoms with van der Waals surface area (Å²) >= 11 is 0. The van der Waals surface area contributed by atoms with E-state index < -0.39 is 11.9 Å². The Morgan fingerprint density at radius 1 is 1.08 bits per heavy atom. The smallest absolute Gasteiger partial charge is 0.309 e. The van der Waals surface area contributed by atoms with Crippen LogP contribution in [0.4, 0.5) is 0 Å². The number of nitrogens with one attached hydrogen (secondary N) is 1. The van der Waals surface area contributed by atoms with Gasteiger partial charge in [0.1, 0.15) is 11.8 Å². The van der Waals surface area contributed by atoms with Crippen LogP contribution in [0.5, 0.6) is 5.75 Å². The first-order valence-corrected chi connectivity index (χ1v) is 12.4. The van der Waals surface area contributed by atoms with Gasteiger partial charge in [-0.15, -0.1) is 0 Å². The fourth-order valence-electron chi connectivity index (χ4n) is 4.39. The van der Waals surface area contributed by atoms with Crippen LogP contribution >= 0.6 is 0 Å². The Morgan fingerprint density at radius 3 is 2.54 bits per heavy atom. The highest BCUT2D eigenvalue weighted by molar-refractivity contribution is 5.96. The summed E-state index contributed by atoms with van der Waals surface area (Å²) in [6.07, 6.45) is 1.39. The normalized spacial score (nSPS) is 14.6. The number of piperidine rings is 1. The van der Waals surface area contributed by atoms with Crippen LogP contribution in [-0.2, 0) is 20.7 Å². The SMILES string of the molecule is CCOC(=O)C1CCN(C(=O)[C@H](Cc2ccccc2)NC(=O)c2cc(-c3cccc(OC)c3)on2)CC1. The van der Waals surface area contributed by atoms with Crippen LogP contribution in [-0.4, -0.2) is 60.7 Å². The Hall–Kier alpha value is -4.14. The summed E-state index contributed by atoms with van der Waals surface area (Å²) in [6.45, 7) is 2.97. The lowest BCUT2D eigenvalue weighted by atomic mass is 9.95. The Bertz CT molecular complexity index is 1220. The first-order valence-electron chi connectivity index (χ1n) is 12.4. The van der Waals surface area contributed by atoms with Crippen molar-refractivity contribution in [1.29, 1.82) is 0 Å². The molecular weight excluding hydrogens is 474 g/mol. The number of hydrogen-bond acceptors (Lipinski definition) is 7. The number of esters is 1. The molecule has 2 amide bonds. The molecule has 0 bridgehead atoms.